The van der Waals surface area contributed by atoms with E-state index in [9.17, 15) is 9.59 Å². The maximum Gasteiger partial charge on any atom is 0.265 e. The van der Waals surface area contributed by atoms with Gasteiger partial charge in [-0.05, 0) is 87.6 Å². The van der Waals surface area contributed by atoms with Crippen molar-refractivity contribution >= 4 is 33.4 Å². The fraction of sp³-hybridized carbons (Fsp3) is 0.391. The number of anilines is 1. The van der Waals surface area contributed by atoms with Crippen LogP contribution in [0.3, 0.4) is 0 Å². The molecule has 2 aromatic rings. The molecule has 0 radical (unpaired) electrons. The van der Waals surface area contributed by atoms with Gasteiger partial charge < -0.3 is 15.0 Å². The third kappa shape index (κ3) is 5.38. The first-order valence-corrected chi connectivity index (χ1v) is 10.8. The van der Waals surface area contributed by atoms with Crippen LogP contribution in [0, 0.1) is 13.8 Å². The number of aryl methyl sites for hydroxylation is 2. The van der Waals surface area contributed by atoms with E-state index in [-0.39, 0.29) is 11.8 Å². The Bertz CT molecular complexity index is 866. The number of likely N-dealkylation sites (tertiary alicyclic amines) is 1. The maximum atomic E-state index is 12.6. The highest BCUT2D eigenvalue weighted by Crippen LogP contribution is 2.28. The number of benzene rings is 2. The van der Waals surface area contributed by atoms with Gasteiger partial charge in [-0.25, -0.2) is 0 Å². The van der Waals surface area contributed by atoms with Crippen LogP contribution in [-0.2, 0) is 4.79 Å². The molecule has 1 fully saturated rings. The lowest BCUT2D eigenvalue weighted by atomic mass is 10.1. The molecule has 1 unspecified atom stereocenters. The van der Waals surface area contributed by atoms with Crippen LogP contribution in [0.25, 0.3) is 0 Å². The highest BCUT2D eigenvalue weighted by Gasteiger charge is 2.20. The minimum Gasteiger partial charge on any atom is -0.480 e. The summed E-state index contributed by atoms with van der Waals surface area (Å²) in [4.78, 5) is 27.0. The van der Waals surface area contributed by atoms with Gasteiger partial charge in [-0.1, -0.05) is 15.9 Å². The number of nitrogens with zero attached hydrogens (tertiary/aromatic N) is 1. The minimum absolute atomic E-state index is 0.0560. The molecule has 3 rings (SSSR count). The van der Waals surface area contributed by atoms with Crippen molar-refractivity contribution in [2.45, 2.75) is 46.1 Å². The highest BCUT2D eigenvalue weighted by molar-refractivity contribution is 9.10. The van der Waals surface area contributed by atoms with E-state index in [1.54, 1.807) is 31.2 Å². The van der Waals surface area contributed by atoms with Gasteiger partial charge >= 0.3 is 0 Å². The SMILES string of the molecule is Cc1cc(Br)cc(C)c1OC(C)C(=O)Nc1ccc(C(=O)N2CCCCC2)cc1. The Morgan fingerprint density at radius 2 is 1.62 bits per heavy atom. The van der Waals surface area contributed by atoms with E-state index in [2.05, 4.69) is 21.2 Å². The van der Waals surface area contributed by atoms with Crippen molar-refractivity contribution in [3.8, 4) is 5.75 Å². The van der Waals surface area contributed by atoms with E-state index in [4.69, 9.17) is 4.74 Å². The van der Waals surface area contributed by atoms with Crippen molar-refractivity contribution < 1.29 is 14.3 Å². The van der Waals surface area contributed by atoms with Crippen LogP contribution in [0.2, 0.25) is 0 Å². The van der Waals surface area contributed by atoms with E-state index in [1.165, 1.54) is 6.42 Å². The molecule has 154 valence electrons. The number of hydrogen-bond donors (Lipinski definition) is 1. The zero-order valence-electron chi connectivity index (χ0n) is 17.1. The molecule has 0 aromatic heterocycles. The predicted octanol–water partition coefficient (Wildman–Crippen LogP) is 5.10. The van der Waals surface area contributed by atoms with Crippen LogP contribution in [0.4, 0.5) is 5.69 Å². The quantitative estimate of drug-likeness (QED) is 0.677. The lowest BCUT2D eigenvalue weighted by Crippen LogP contribution is -2.35. The normalized spacial score (nSPS) is 15.0. The second-order valence-corrected chi connectivity index (χ2v) is 8.46. The topological polar surface area (TPSA) is 58.6 Å². The number of carbonyl (C=O) groups is 2. The van der Waals surface area contributed by atoms with E-state index >= 15 is 0 Å². The number of carbonyl (C=O) groups excluding carboxylic acids is 2. The molecule has 1 aliphatic heterocycles. The zero-order chi connectivity index (χ0) is 21.0. The summed E-state index contributed by atoms with van der Waals surface area (Å²) in [6.07, 6.45) is 2.67. The van der Waals surface area contributed by atoms with Crippen LogP contribution in [0.5, 0.6) is 5.75 Å². The number of piperidine rings is 1. The van der Waals surface area contributed by atoms with Gasteiger partial charge in [0.2, 0.25) is 0 Å². The molecule has 1 aliphatic rings. The monoisotopic (exact) mass is 458 g/mol. The van der Waals surface area contributed by atoms with E-state index in [0.717, 1.165) is 47.3 Å². The molecule has 29 heavy (non-hydrogen) atoms. The largest absolute Gasteiger partial charge is 0.480 e. The summed E-state index contributed by atoms with van der Waals surface area (Å²) >= 11 is 3.47. The highest BCUT2D eigenvalue weighted by atomic mass is 79.9. The molecule has 0 saturated carbocycles. The molecule has 1 saturated heterocycles. The Hall–Kier alpha value is -2.34. The second-order valence-electron chi connectivity index (χ2n) is 7.55. The standard InChI is InChI=1S/C23H27BrN2O3/c1-15-13-19(24)14-16(2)21(15)29-17(3)22(27)25-20-9-7-18(8-10-20)23(28)26-11-5-4-6-12-26/h7-10,13-14,17H,4-6,11-12H2,1-3H3,(H,25,27). The van der Waals surface area contributed by atoms with E-state index in [0.29, 0.717) is 11.3 Å². The van der Waals surface area contributed by atoms with Gasteiger partial charge in [0.05, 0.1) is 0 Å². The van der Waals surface area contributed by atoms with Gasteiger partial charge in [-0.3, -0.25) is 9.59 Å². The summed E-state index contributed by atoms with van der Waals surface area (Å²) in [5, 5.41) is 2.86. The number of amides is 2. The van der Waals surface area contributed by atoms with Gasteiger partial charge in [0.25, 0.3) is 11.8 Å². The lowest BCUT2D eigenvalue weighted by Gasteiger charge is -2.26. The van der Waals surface area contributed by atoms with E-state index in [1.807, 2.05) is 30.9 Å². The Labute approximate surface area is 180 Å². The Morgan fingerprint density at radius 3 is 2.21 bits per heavy atom. The molecular formula is C23H27BrN2O3. The zero-order valence-corrected chi connectivity index (χ0v) is 18.7. The van der Waals surface area contributed by atoms with Crippen molar-refractivity contribution in [1.82, 2.24) is 4.90 Å². The van der Waals surface area contributed by atoms with Gasteiger partial charge in [0.1, 0.15) is 5.75 Å². The van der Waals surface area contributed by atoms with Gasteiger partial charge in [0, 0.05) is 28.8 Å². The summed E-state index contributed by atoms with van der Waals surface area (Å²) in [6, 6.07) is 11.0. The molecule has 1 atom stereocenters. The molecular weight excluding hydrogens is 432 g/mol. The second kappa shape index (κ2) is 9.44. The van der Waals surface area contributed by atoms with Crippen LogP contribution in [0.15, 0.2) is 40.9 Å². The van der Waals surface area contributed by atoms with Gasteiger partial charge in [-0.15, -0.1) is 0 Å². The lowest BCUT2D eigenvalue weighted by molar-refractivity contribution is -0.122. The fourth-order valence-electron chi connectivity index (χ4n) is 3.53. The molecule has 0 bridgehead atoms. The van der Waals surface area contributed by atoms with Crippen LogP contribution < -0.4 is 10.1 Å². The Kier molecular flexibility index (Phi) is 6.96. The third-order valence-corrected chi connectivity index (χ3v) is 5.59. The smallest absolute Gasteiger partial charge is 0.265 e. The van der Waals surface area contributed by atoms with Crippen LogP contribution in [0.1, 0.15) is 47.7 Å². The average molecular weight is 459 g/mol. The molecule has 6 heteroatoms. The first kappa shape index (κ1) is 21.4. The maximum absolute atomic E-state index is 12.6. The number of halogens is 1. The van der Waals surface area contributed by atoms with Crippen molar-refractivity contribution in [1.29, 1.82) is 0 Å². The summed E-state index contributed by atoms with van der Waals surface area (Å²) in [6.45, 7) is 7.28. The molecule has 1 heterocycles. The summed E-state index contributed by atoms with van der Waals surface area (Å²) in [5.74, 6) is 0.542. The molecule has 0 aliphatic carbocycles. The van der Waals surface area contributed by atoms with Crippen molar-refractivity contribution in [3.05, 3.63) is 57.6 Å². The molecule has 1 N–H and O–H groups in total. The van der Waals surface area contributed by atoms with Crippen LogP contribution >= 0.6 is 15.9 Å². The number of rotatable bonds is 5. The molecule has 2 amide bonds. The van der Waals surface area contributed by atoms with Gasteiger partial charge in [-0.2, -0.15) is 0 Å². The summed E-state index contributed by atoms with van der Waals surface area (Å²) in [7, 11) is 0. The molecule has 5 nitrogen and oxygen atoms in total. The molecule has 2 aromatic carbocycles. The first-order valence-electron chi connectivity index (χ1n) is 9.99. The van der Waals surface area contributed by atoms with Crippen LogP contribution in [-0.4, -0.2) is 35.9 Å². The first-order chi connectivity index (χ1) is 13.8. The van der Waals surface area contributed by atoms with Crippen molar-refractivity contribution in [2.24, 2.45) is 0 Å². The van der Waals surface area contributed by atoms with Crippen molar-refractivity contribution in [2.75, 3.05) is 18.4 Å². The fourth-order valence-corrected chi connectivity index (χ4v) is 4.22. The third-order valence-electron chi connectivity index (χ3n) is 5.13. The van der Waals surface area contributed by atoms with E-state index < -0.39 is 6.10 Å². The number of nitrogens with one attached hydrogen (secondary N) is 1. The predicted molar refractivity (Wildman–Crippen MR) is 119 cm³/mol. The minimum atomic E-state index is -0.650. The Morgan fingerprint density at radius 1 is 1.03 bits per heavy atom. The number of hydrogen-bond acceptors (Lipinski definition) is 3. The Balaban J connectivity index is 1.61. The summed E-state index contributed by atoms with van der Waals surface area (Å²) < 4.78 is 6.90. The number of ether oxygens (including phenoxy) is 1. The van der Waals surface area contributed by atoms with Crippen molar-refractivity contribution in [3.63, 3.8) is 0 Å². The summed E-state index contributed by atoms with van der Waals surface area (Å²) in [5.41, 5.74) is 3.23. The average Bonchev–Trinajstić information content (AvgIpc) is 2.71. The molecule has 0 spiro atoms. The van der Waals surface area contributed by atoms with Gasteiger partial charge in [0.15, 0.2) is 6.10 Å².